The summed E-state index contributed by atoms with van der Waals surface area (Å²) >= 11 is 0. The number of nitrogens with one attached hydrogen (secondary N) is 1. The second-order valence-corrected chi connectivity index (χ2v) is 4.78. The maximum Gasteiger partial charge on any atom is 0.159 e. The van der Waals surface area contributed by atoms with Crippen molar-refractivity contribution in [3.8, 4) is 0 Å². The summed E-state index contributed by atoms with van der Waals surface area (Å²) in [5.74, 6) is 0.124. The lowest BCUT2D eigenvalue weighted by Crippen LogP contribution is -2.35. The summed E-state index contributed by atoms with van der Waals surface area (Å²) in [7, 11) is 2.08. The van der Waals surface area contributed by atoms with Crippen LogP contribution in [0.3, 0.4) is 0 Å². The maximum absolute atomic E-state index is 11.3. The fourth-order valence-electron chi connectivity index (χ4n) is 2.31. The highest BCUT2D eigenvalue weighted by molar-refractivity contribution is 5.94. The van der Waals surface area contributed by atoms with Crippen LogP contribution in [0.5, 0.6) is 0 Å². The molecule has 1 N–H and O–H groups in total. The molecule has 0 aliphatic carbocycles. The molecule has 1 aromatic rings. The third-order valence-corrected chi connectivity index (χ3v) is 3.35. The van der Waals surface area contributed by atoms with Crippen molar-refractivity contribution in [2.75, 3.05) is 25.0 Å². The number of rotatable bonds is 4. The van der Waals surface area contributed by atoms with Crippen LogP contribution in [-0.4, -0.2) is 32.0 Å². The molecule has 1 aliphatic heterocycles. The molecule has 1 atom stereocenters. The van der Waals surface area contributed by atoms with Gasteiger partial charge in [-0.25, -0.2) is 0 Å². The van der Waals surface area contributed by atoms with Crippen molar-refractivity contribution < 1.29 is 4.79 Å². The summed E-state index contributed by atoms with van der Waals surface area (Å²) in [5, 5.41) is 3.49. The predicted octanol–water partition coefficient (Wildman–Crippen LogP) is 2.08. The average Bonchev–Trinajstić information content (AvgIpc) is 2.82. The van der Waals surface area contributed by atoms with Crippen molar-refractivity contribution in [3.05, 3.63) is 29.8 Å². The Kier molecular flexibility index (Phi) is 3.79. The lowest BCUT2D eigenvalue weighted by molar-refractivity contribution is 0.101. The van der Waals surface area contributed by atoms with Crippen LogP contribution in [0.25, 0.3) is 0 Å². The SMILES string of the molecule is CC(=O)c1cccc(N(C)CC2CCCN2)c1. The van der Waals surface area contributed by atoms with E-state index in [9.17, 15) is 4.79 Å². The zero-order valence-corrected chi connectivity index (χ0v) is 10.6. The summed E-state index contributed by atoms with van der Waals surface area (Å²) < 4.78 is 0. The number of likely N-dealkylation sites (N-methyl/N-ethyl adjacent to an activating group) is 1. The van der Waals surface area contributed by atoms with E-state index in [1.807, 2.05) is 18.2 Å². The minimum absolute atomic E-state index is 0.124. The van der Waals surface area contributed by atoms with Gasteiger partial charge in [0.25, 0.3) is 0 Å². The van der Waals surface area contributed by atoms with E-state index in [1.54, 1.807) is 6.92 Å². The Hall–Kier alpha value is -1.35. The van der Waals surface area contributed by atoms with Gasteiger partial charge in [-0.05, 0) is 38.4 Å². The van der Waals surface area contributed by atoms with E-state index in [0.717, 1.165) is 24.3 Å². The largest absolute Gasteiger partial charge is 0.373 e. The van der Waals surface area contributed by atoms with Crippen molar-refractivity contribution >= 4 is 11.5 Å². The number of carbonyl (C=O) groups is 1. The van der Waals surface area contributed by atoms with Gasteiger partial charge in [0, 0.05) is 30.9 Å². The van der Waals surface area contributed by atoms with E-state index in [4.69, 9.17) is 0 Å². The molecule has 0 amide bonds. The fraction of sp³-hybridized carbons (Fsp3) is 0.500. The Balaban J connectivity index is 2.04. The molecule has 1 fully saturated rings. The number of ketones is 1. The third-order valence-electron chi connectivity index (χ3n) is 3.35. The van der Waals surface area contributed by atoms with Gasteiger partial charge in [-0.1, -0.05) is 12.1 Å². The van der Waals surface area contributed by atoms with Gasteiger partial charge in [-0.2, -0.15) is 0 Å². The van der Waals surface area contributed by atoms with E-state index >= 15 is 0 Å². The summed E-state index contributed by atoms with van der Waals surface area (Å²) in [6.07, 6.45) is 2.52. The predicted molar refractivity (Wildman–Crippen MR) is 70.7 cm³/mol. The first-order valence-corrected chi connectivity index (χ1v) is 6.22. The standard InChI is InChI=1S/C14H20N2O/c1-11(17)12-5-3-7-14(9-12)16(2)10-13-6-4-8-15-13/h3,5,7,9,13,15H,4,6,8,10H2,1-2H3. The van der Waals surface area contributed by atoms with E-state index in [1.165, 1.54) is 12.8 Å². The van der Waals surface area contributed by atoms with Crippen LogP contribution in [0.1, 0.15) is 30.1 Å². The van der Waals surface area contributed by atoms with Crippen molar-refractivity contribution in [1.82, 2.24) is 5.32 Å². The van der Waals surface area contributed by atoms with Gasteiger partial charge >= 0.3 is 0 Å². The number of Topliss-reactive ketones (excluding diaryl/α,β-unsaturated/α-hetero) is 1. The van der Waals surface area contributed by atoms with Crippen molar-refractivity contribution in [2.24, 2.45) is 0 Å². The van der Waals surface area contributed by atoms with Crippen LogP contribution in [0.2, 0.25) is 0 Å². The highest BCUT2D eigenvalue weighted by Crippen LogP contribution is 2.17. The average molecular weight is 232 g/mol. The van der Waals surface area contributed by atoms with Gasteiger partial charge in [0.1, 0.15) is 0 Å². The molecule has 0 spiro atoms. The first-order chi connectivity index (χ1) is 8.16. The molecule has 1 aromatic carbocycles. The molecule has 92 valence electrons. The molecule has 0 aromatic heterocycles. The maximum atomic E-state index is 11.3. The summed E-state index contributed by atoms with van der Waals surface area (Å²) in [5.41, 5.74) is 1.90. The van der Waals surface area contributed by atoms with Gasteiger partial charge in [-0.3, -0.25) is 4.79 Å². The lowest BCUT2D eigenvalue weighted by atomic mass is 10.1. The van der Waals surface area contributed by atoms with Crippen LogP contribution < -0.4 is 10.2 Å². The van der Waals surface area contributed by atoms with Crippen LogP contribution >= 0.6 is 0 Å². The number of anilines is 1. The van der Waals surface area contributed by atoms with Crippen molar-refractivity contribution in [2.45, 2.75) is 25.8 Å². The highest BCUT2D eigenvalue weighted by atomic mass is 16.1. The van der Waals surface area contributed by atoms with Gasteiger partial charge in [-0.15, -0.1) is 0 Å². The van der Waals surface area contributed by atoms with E-state index < -0.39 is 0 Å². The molecule has 1 unspecified atom stereocenters. The Morgan fingerprint density at radius 2 is 2.35 bits per heavy atom. The highest BCUT2D eigenvalue weighted by Gasteiger charge is 2.16. The molecule has 17 heavy (non-hydrogen) atoms. The van der Waals surface area contributed by atoms with Crippen LogP contribution in [-0.2, 0) is 0 Å². The second-order valence-electron chi connectivity index (χ2n) is 4.78. The number of carbonyl (C=O) groups excluding carboxylic acids is 1. The number of nitrogens with zero attached hydrogens (tertiary/aromatic N) is 1. The Morgan fingerprint density at radius 1 is 1.53 bits per heavy atom. The molecule has 1 aliphatic rings. The summed E-state index contributed by atoms with van der Waals surface area (Å²) in [6, 6.07) is 8.43. The molecular weight excluding hydrogens is 212 g/mol. The van der Waals surface area contributed by atoms with Crippen LogP contribution in [0.15, 0.2) is 24.3 Å². The van der Waals surface area contributed by atoms with Gasteiger partial charge in [0.05, 0.1) is 0 Å². The van der Waals surface area contributed by atoms with Gasteiger partial charge < -0.3 is 10.2 Å². The minimum atomic E-state index is 0.124. The van der Waals surface area contributed by atoms with Gasteiger partial charge in [0.2, 0.25) is 0 Å². The van der Waals surface area contributed by atoms with Gasteiger partial charge in [0.15, 0.2) is 5.78 Å². The normalized spacial score (nSPS) is 19.3. The van der Waals surface area contributed by atoms with Crippen molar-refractivity contribution in [3.63, 3.8) is 0 Å². The number of hydrogen-bond acceptors (Lipinski definition) is 3. The summed E-state index contributed by atoms with van der Waals surface area (Å²) in [4.78, 5) is 13.6. The molecule has 2 rings (SSSR count). The quantitative estimate of drug-likeness (QED) is 0.807. The van der Waals surface area contributed by atoms with Crippen LogP contribution in [0, 0.1) is 0 Å². The fourth-order valence-corrected chi connectivity index (χ4v) is 2.31. The first kappa shape index (κ1) is 12.1. The molecule has 0 radical (unpaired) electrons. The topological polar surface area (TPSA) is 32.3 Å². The molecular formula is C14H20N2O. The molecule has 3 nitrogen and oxygen atoms in total. The lowest BCUT2D eigenvalue weighted by Gasteiger charge is -2.23. The Labute approximate surface area is 103 Å². The smallest absolute Gasteiger partial charge is 0.159 e. The second kappa shape index (κ2) is 5.32. The Morgan fingerprint density at radius 3 is 3.00 bits per heavy atom. The zero-order chi connectivity index (χ0) is 12.3. The minimum Gasteiger partial charge on any atom is -0.373 e. The Bertz CT molecular complexity index is 397. The molecule has 1 saturated heterocycles. The van der Waals surface area contributed by atoms with E-state index in [-0.39, 0.29) is 5.78 Å². The summed E-state index contributed by atoms with van der Waals surface area (Å²) in [6.45, 7) is 3.74. The monoisotopic (exact) mass is 232 g/mol. The first-order valence-electron chi connectivity index (χ1n) is 6.22. The zero-order valence-electron chi connectivity index (χ0n) is 10.6. The molecule has 0 saturated carbocycles. The molecule has 3 heteroatoms. The van der Waals surface area contributed by atoms with Crippen molar-refractivity contribution in [1.29, 1.82) is 0 Å². The molecule has 0 bridgehead atoms. The number of hydrogen-bond donors (Lipinski definition) is 1. The molecule has 1 heterocycles. The van der Waals surface area contributed by atoms with E-state index in [2.05, 4.69) is 23.3 Å². The van der Waals surface area contributed by atoms with E-state index in [0.29, 0.717) is 6.04 Å². The number of benzene rings is 1. The van der Waals surface area contributed by atoms with Crippen LogP contribution in [0.4, 0.5) is 5.69 Å². The third kappa shape index (κ3) is 3.07.